The Balaban J connectivity index is 1.62. The minimum atomic E-state index is -0.123. The molecule has 2 heterocycles. The molecule has 1 aliphatic heterocycles. The monoisotopic (exact) mass is 300 g/mol. The standard InChI is InChI=1S/C17H20N2O3/c1-21-12-14(16-7-4-10-22-16)18-11-17(20)19-9-8-13-5-2-3-6-15(13)19/h2-7,10,14,18H,8-9,11-12H2,1H3/t14-/m0/s1. The highest BCUT2D eigenvalue weighted by molar-refractivity contribution is 5.96. The van der Waals surface area contributed by atoms with Crippen molar-refractivity contribution in [2.75, 3.05) is 31.7 Å². The van der Waals surface area contributed by atoms with Gasteiger partial charge in [-0.05, 0) is 30.2 Å². The van der Waals surface area contributed by atoms with Crippen molar-refractivity contribution in [2.24, 2.45) is 0 Å². The lowest BCUT2D eigenvalue weighted by Crippen LogP contribution is -2.39. The van der Waals surface area contributed by atoms with Gasteiger partial charge in [-0.2, -0.15) is 0 Å². The lowest BCUT2D eigenvalue weighted by molar-refractivity contribution is -0.117. The Morgan fingerprint density at radius 1 is 1.36 bits per heavy atom. The molecule has 0 aliphatic carbocycles. The van der Waals surface area contributed by atoms with E-state index in [4.69, 9.17) is 9.15 Å². The van der Waals surface area contributed by atoms with Crippen LogP contribution in [-0.4, -0.2) is 32.7 Å². The van der Waals surface area contributed by atoms with Crippen LogP contribution in [0.25, 0.3) is 0 Å². The molecule has 0 saturated heterocycles. The first-order valence-corrected chi connectivity index (χ1v) is 7.43. The highest BCUT2D eigenvalue weighted by Crippen LogP contribution is 2.27. The molecule has 1 N–H and O–H groups in total. The quantitative estimate of drug-likeness (QED) is 0.888. The number of benzene rings is 1. The van der Waals surface area contributed by atoms with Gasteiger partial charge in [-0.3, -0.25) is 10.1 Å². The predicted octanol–water partition coefficient (Wildman–Crippen LogP) is 2.15. The van der Waals surface area contributed by atoms with Crippen molar-refractivity contribution < 1.29 is 13.9 Å². The Morgan fingerprint density at radius 2 is 2.23 bits per heavy atom. The van der Waals surface area contributed by atoms with Crippen molar-refractivity contribution in [1.29, 1.82) is 0 Å². The molecule has 0 radical (unpaired) electrons. The SMILES string of the molecule is COC[C@H](NCC(=O)N1CCc2ccccc21)c1ccco1. The topological polar surface area (TPSA) is 54.7 Å². The van der Waals surface area contributed by atoms with E-state index >= 15 is 0 Å². The van der Waals surface area contributed by atoms with Crippen LogP contribution in [0.1, 0.15) is 17.4 Å². The van der Waals surface area contributed by atoms with E-state index in [0.717, 1.165) is 24.4 Å². The normalized spacial score (nSPS) is 14.9. The zero-order valence-corrected chi connectivity index (χ0v) is 12.6. The number of nitrogens with zero attached hydrogens (tertiary/aromatic N) is 1. The van der Waals surface area contributed by atoms with Crippen LogP contribution in [0.5, 0.6) is 0 Å². The Morgan fingerprint density at radius 3 is 3.00 bits per heavy atom. The summed E-state index contributed by atoms with van der Waals surface area (Å²) in [6.07, 6.45) is 2.54. The number of nitrogens with one attached hydrogen (secondary N) is 1. The van der Waals surface area contributed by atoms with Gasteiger partial charge in [0.2, 0.25) is 5.91 Å². The molecular formula is C17H20N2O3. The van der Waals surface area contributed by atoms with Crippen LogP contribution >= 0.6 is 0 Å². The first kappa shape index (κ1) is 14.8. The van der Waals surface area contributed by atoms with E-state index in [2.05, 4.69) is 11.4 Å². The second-order valence-corrected chi connectivity index (χ2v) is 5.33. The number of ether oxygens (including phenoxy) is 1. The molecule has 0 saturated carbocycles. The fourth-order valence-electron chi connectivity index (χ4n) is 2.80. The van der Waals surface area contributed by atoms with Gasteiger partial charge in [0, 0.05) is 19.3 Å². The number of hydrogen-bond donors (Lipinski definition) is 1. The number of anilines is 1. The first-order valence-electron chi connectivity index (χ1n) is 7.43. The van der Waals surface area contributed by atoms with E-state index in [0.29, 0.717) is 6.61 Å². The minimum Gasteiger partial charge on any atom is -0.468 e. The fraction of sp³-hybridized carbons (Fsp3) is 0.353. The van der Waals surface area contributed by atoms with Gasteiger partial charge in [-0.1, -0.05) is 18.2 Å². The summed E-state index contributed by atoms with van der Waals surface area (Å²) in [5, 5.41) is 3.22. The van der Waals surface area contributed by atoms with Gasteiger partial charge in [-0.15, -0.1) is 0 Å². The average Bonchev–Trinajstić information content (AvgIpc) is 3.20. The third-order valence-corrected chi connectivity index (χ3v) is 3.91. The summed E-state index contributed by atoms with van der Waals surface area (Å²) in [5.74, 6) is 0.842. The summed E-state index contributed by atoms with van der Waals surface area (Å²) in [6, 6.07) is 11.6. The molecule has 0 spiro atoms. The van der Waals surface area contributed by atoms with Crippen LogP contribution in [0.3, 0.4) is 0 Å². The van der Waals surface area contributed by atoms with Crippen LogP contribution in [-0.2, 0) is 16.0 Å². The third-order valence-electron chi connectivity index (χ3n) is 3.91. The Labute approximate surface area is 129 Å². The number of carbonyl (C=O) groups is 1. The summed E-state index contributed by atoms with van der Waals surface area (Å²) in [4.78, 5) is 14.3. The molecule has 5 nitrogen and oxygen atoms in total. The molecule has 3 rings (SSSR count). The number of fused-ring (bicyclic) bond motifs is 1. The molecule has 0 fully saturated rings. The number of rotatable bonds is 6. The minimum absolute atomic E-state index is 0.0672. The molecule has 1 aromatic heterocycles. The summed E-state index contributed by atoms with van der Waals surface area (Å²) in [5.41, 5.74) is 2.26. The van der Waals surface area contributed by atoms with Crippen molar-refractivity contribution in [3.63, 3.8) is 0 Å². The Kier molecular flexibility index (Phi) is 4.56. The predicted molar refractivity (Wildman–Crippen MR) is 83.8 cm³/mol. The largest absolute Gasteiger partial charge is 0.468 e. The van der Waals surface area contributed by atoms with E-state index in [1.165, 1.54) is 5.56 Å². The third kappa shape index (κ3) is 3.05. The number of methoxy groups -OCH3 is 1. The molecule has 2 aromatic rings. The Bertz CT molecular complexity index is 625. The number of amides is 1. The second-order valence-electron chi connectivity index (χ2n) is 5.33. The molecule has 1 atom stereocenters. The van der Waals surface area contributed by atoms with E-state index < -0.39 is 0 Å². The maximum absolute atomic E-state index is 12.5. The smallest absolute Gasteiger partial charge is 0.240 e. The van der Waals surface area contributed by atoms with E-state index in [9.17, 15) is 4.79 Å². The molecule has 22 heavy (non-hydrogen) atoms. The number of para-hydroxylation sites is 1. The van der Waals surface area contributed by atoms with Gasteiger partial charge in [0.25, 0.3) is 0 Å². The lowest BCUT2D eigenvalue weighted by atomic mass is 10.2. The van der Waals surface area contributed by atoms with Crippen LogP contribution in [0.4, 0.5) is 5.69 Å². The average molecular weight is 300 g/mol. The molecule has 1 aliphatic rings. The highest BCUT2D eigenvalue weighted by Gasteiger charge is 2.25. The number of carbonyl (C=O) groups excluding carboxylic acids is 1. The highest BCUT2D eigenvalue weighted by atomic mass is 16.5. The molecule has 0 bridgehead atoms. The zero-order chi connectivity index (χ0) is 15.4. The molecule has 5 heteroatoms. The van der Waals surface area contributed by atoms with Crippen molar-refractivity contribution in [3.05, 3.63) is 54.0 Å². The van der Waals surface area contributed by atoms with Crippen LogP contribution in [0.15, 0.2) is 47.1 Å². The van der Waals surface area contributed by atoms with E-state index in [1.807, 2.05) is 35.2 Å². The van der Waals surface area contributed by atoms with Gasteiger partial charge in [0.05, 0.1) is 25.5 Å². The number of hydrogen-bond acceptors (Lipinski definition) is 4. The van der Waals surface area contributed by atoms with Crippen LogP contribution < -0.4 is 10.2 Å². The van der Waals surface area contributed by atoms with Crippen molar-refractivity contribution in [3.8, 4) is 0 Å². The Hall–Kier alpha value is -2.11. The van der Waals surface area contributed by atoms with E-state index in [1.54, 1.807) is 13.4 Å². The van der Waals surface area contributed by atoms with Gasteiger partial charge in [0.15, 0.2) is 0 Å². The molecular weight excluding hydrogens is 280 g/mol. The van der Waals surface area contributed by atoms with Crippen molar-refractivity contribution in [2.45, 2.75) is 12.5 Å². The molecule has 1 amide bonds. The van der Waals surface area contributed by atoms with Crippen molar-refractivity contribution >= 4 is 11.6 Å². The fourth-order valence-corrected chi connectivity index (χ4v) is 2.80. The van der Waals surface area contributed by atoms with Crippen LogP contribution in [0, 0.1) is 0 Å². The molecule has 1 aromatic carbocycles. The zero-order valence-electron chi connectivity index (χ0n) is 12.6. The summed E-state index contributed by atoms with van der Waals surface area (Å²) in [7, 11) is 1.64. The van der Waals surface area contributed by atoms with E-state index in [-0.39, 0.29) is 18.5 Å². The van der Waals surface area contributed by atoms with Crippen LogP contribution in [0.2, 0.25) is 0 Å². The first-order chi connectivity index (χ1) is 10.8. The maximum Gasteiger partial charge on any atom is 0.240 e. The number of furan rings is 1. The summed E-state index contributed by atoms with van der Waals surface area (Å²) in [6.45, 7) is 1.45. The van der Waals surface area contributed by atoms with Gasteiger partial charge in [-0.25, -0.2) is 0 Å². The second kappa shape index (κ2) is 6.77. The summed E-state index contributed by atoms with van der Waals surface area (Å²) >= 11 is 0. The summed E-state index contributed by atoms with van der Waals surface area (Å²) < 4.78 is 10.6. The molecule has 0 unspecified atom stereocenters. The molecule has 116 valence electrons. The van der Waals surface area contributed by atoms with Gasteiger partial charge >= 0.3 is 0 Å². The lowest BCUT2D eigenvalue weighted by Gasteiger charge is -2.20. The van der Waals surface area contributed by atoms with Crippen molar-refractivity contribution in [1.82, 2.24) is 5.32 Å². The maximum atomic E-state index is 12.5. The van der Waals surface area contributed by atoms with Gasteiger partial charge in [0.1, 0.15) is 5.76 Å². The van der Waals surface area contributed by atoms with Gasteiger partial charge < -0.3 is 14.1 Å².